The molecule has 4 heteroatoms. The van der Waals surface area contributed by atoms with Gasteiger partial charge in [0, 0.05) is 0 Å². The molecular weight excluding hydrogens is 271 g/mol. The minimum atomic E-state index is -0.683. The number of rotatable bonds is 5. The van der Waals surface area contributed by atoms with Crippen molar-refractivity contribution in [2.45, 2.75) is 19.6 Å². The van der Waals surface area contributed by atoms with E-state index in [1.54, 1.807) is 6.07 Å². The number of benzene rings is 2. The fourth-order valence-corrected chi connectivity index (χ4v) is 1.97. The summed E-state index contributed by atoms with van der Waals surface area (Å²) >= 11 is 0. The second-order valence-corrected chi connectivity index (χ2v) is 4.67. The van der Waals surface area contributed by atoms with Gasteiger partial charge in [-0.25, -0.2) is 9.18 Å². The number of hydrogen-bond acceptors (Lipinski definition) is 3. The van der Waals surface area contributed by atoms with Crippen molar-refractivity contribution in [1.82, 2.24) is 0 Å². The van der Waals surface area contributed by atoms with Crippen molar-refractivity contribution in [2.75, 3.05) is 7.11 Å². The molecule has 0 aromatic heterocycles. The van der Waals surface area contributed by atoms with Gasteiger partial charge in [-0.3, -0.25) is 0 Å². The van der Waals surface area contributed by atoms with E-state index >= 15 is 0 Å². The predicted octanol–water partition coefficient (Wildman–Crippen LogP) is 3.89. The monoisotopic (exact) mass is 288 g/mol. The molecule has 0 aliphatic heterocycles. The third-order valence-electron chi connectivity index (χ3n) is 3.21. The quantitative estimate of drug-likeness (QED) is 0.783. The van der Waals surface area contributed by atoms with Gasteiger partial charge in [0.15, 0.2) is 0 Å². The number of halogens is 1. The van der Waals surface area contributed by atoms with Crippen LogP contribution in [0.3, 0.4) is 0 Å². The van der Waals surface area contributed by atoms with E-state index in [-0.39, 0.29) is 18.3 Å². The van der Waals surface area contributed by atoms with Gasteiger partial charge in [0.25, 0.3) is 0 Å². The molecule has 1 atom stereocenters. The highest BCUT2D eigenvalue weighted by atomic mass is 19.1. The summed E-state index contributed by atoms with van der Waals surface area (Å²) in [7, 11) is 1.22. The van der Waals surface area contributed by atoms with Gasteiger partial charge in [-0.05, 0) is 30.2 Å². The Bertz CT molecular complexity index is 611. The topological polar surface area (TPSA) is 35.5 Å². The maximum absolute atomic E-state index is 13.8. The van der Waals surface area contributed by atoms with Crippen molar-refractivity contribution < 1.29 is 18.7 Å². The molecule has 0 spiro atoms. The van der Waals surface area contributed by atoms with Crippen LogP contribution in [-0.2, 0) is 16.1 Å². The fourth-order valence-electron chi connectivity index (χ4n) is 1.97. The summed E-state index contributed by atoms with van der Waals surface area (Å²) in [5.41, 5.74) is 1.66. The van der Waals surface area contributed by atoms with Crippen molar-refractivity contribution in [1.29, 1.82) is 0 Å². The van der Waals surface area contributed by atoms with Gasteiger partial charge >= 0.3 is 5.97 Å². The molecule has 0 heterocycles. The van der Waals surface area contributed by atoms with Crippen LogP contribution in [0.1, 0.15) is 34.5 Å². The Morgan fingerprint density at radius 2 is 1.90 bits per heavy atom. The van der Waals surface area contributed by atoms with Crippen molar-refractivity contribution in [3.8, 4) is 0 Å². The van der Waals surface area contributed by atoms with E-state index in [0.29, 0.717) is 5.56 Å². The van der Waals surface area contributed by atoms with Gasteiger partial charge < -0.3 is 9.47 Å². The largest absolute Gasteiger partial charge is 0.465 e. The summed E-state index contributed by atoms with van der Waals surface area (Å²) in [6.45, 7) is 2.21. The Hall–Kier alpha value is -2.20. The van der Waals surface area contributed by atoms with E-state index in [1.807, 2.05) is 37.3 Å². The molecule has 0 fully saturated rings. The van der Waals surface area contributed by atoms with E-state index in [4.69, 9.17) is 4.74 Å². The first kappa shape index (κ1) is 15.2. The van der Waals surface area contributed by atoms with Crippen molar-refractivity contribution in [3.63, 3.8) is 0 Å². The van der Waals surface area contributed by atoms with Gasteiger partial charge in [0.05, 0.1) is 25.4 Å². The predicted molar refractivity (Wildman–Crippen MR) is 77.4 cm³/mol. The standard InChI is InChI=1S/C17H17FO3/c1-12(14-6-4-3-5-7-14)21-11-13-8-9-15(16(18)10-13)17(19)20-2/h3-10,12H,11H2,1-2H3. The summed E-state index contributed by atoms with van der Waals surface area (Å²) in [5.74, 6) is -1.28. The Morgan fingerprint density at radius 1 is 1.19 bits per heavy atom. The summed E-state index contributed by atoms with van der Waals surface area (Å²) in [5, 5.41) is 0. The normalized spacial score (nSPS) is 12.0. The van der Waals surface area contributed by atoms with Crippen LogP contribution in [0, 0.1) is 5.82 Å². The van der Waals surface area contributed by atoms with Crippen molar-refractivity contribution >= 4 is 5.97 Å². The summed E-state index contributed by atoms with van der Waals surface area (Å²) in [6, 6.07) is 14.2. The van der Waals surface area contributed by atoms with Crippen LogP contribution in [0.4, 0.5) is 4.39 Å². The number of ether oxygens (including phenoxy) is 2. The van der Waals surface area contributed by atoms with Gasteiger partial charge in [0.2, 0.25) is 0 Å². The Morgan fingerprint density at radius 3 is 2.52 bits per heavy atom. The van der Waals surface area contributed by atoms with Crippen LogP contribution in [0.25, 0.3) is 0 Å². The molecule has 0 radical (unpaired) electrons. The van der Waals surface area contributed by atoms with Crippen LogP contribution >= 0.6 is 0 Å². The smallest absolute Gasteiger partial charge is 0.340 e. The molecule has 3 nitrogen and oxygen atoms in total. The second kappa shape index (κ2) is 6.99. The van der Waals surface area contributed by atoms with E-state index < -0.39 is 11.8 Å². The summed E-state index contributed by atoms with van der Waals surface area (Å²) in [4.78, 5) is 11.3. The molecule has 2 aromatic carbocycles. The van der Waals surface area contributed by atoms with Crippen molar-refractivity contribution in [2.24, 2.45) is 0 Å². The number of methoxy groups -OCH3 is 1. The number of esters is 1. The van der Waals surface area contributed by atoms with E-state index in [2.05, 4.69) is 4.74 Å². The third kappa shape index (κ3) is 3.89. The lowest BCUT2D eigenvalue weighted by molar-refractivity contribution is 0.0521. The maximum Gasteiger partial charge on any atom is 0.340 e. The lowest BCUT2D eigenvalue weighted by atomic mass is 10.1. The zero-order chi connectivity index (χ0) is 15.2. The number of hydrogen-bond donors (Lipinski definition) is 0. The van der Waals surface area contributed by atoms with Crippen LogP contribution < -0.4 is 0 Å². The fraction of sp³-hybridized carbons (Fsp3) is 0.235. The molecule has 0 aliphatic carbocycles. The molecular formula is C17H17FO3. The van der Waals surface area contributed by atoms with Crippen LogP contribution in [-0.4, -0.2) is 13.1 Å². The highest BCUT2D eigenvalue weighted by molar-refractivity contribution is 5.89. The molecule has 2 aromatic rings. The zero-order valence-corrected chi connectivity index (χ0v) is 12.0. The van der Waals surface area contributed by atoms with Gasteiger partial charge in [-0.15, -0.1) is 0 Å². The molecule has 0 N–H and O–H groups in total. The molecule has 2 rings (SSSR count). The van der Waals surface area contributed by atoms with Crippen LogP contribution in [0.5, 0.6) is 0 Å². The van der Waals surface area contributed by atoms with E-state index in [9.17, 15) is 9.18 Å². The molecule has 0 saturated heterocycles. The number of carbonyl (C=O) groups is 1. The first-order chi connectivity index (χ1) is 10.1. The second-order valence-electron chi connectivity index (χ2n) is 4.67. The van der Waals surface area contributed by atoms with Gasteiger partial charge in [-0.2, -0.15) is 0 Å². The minimum absolute atomic E-state index is 0.0719. The average Bonchev–Trinajstić information content (AvgIpc) is 2.52. The average molecular weight is 288 g/mol. The van der Waals surface area contributed by atoms with Gasteiger partial charge in [-0.1, -0.05) is 36.4 Å². The minimum Gasteiger partial charge on any atom is -0.465 e. The SMILES string of the molecule is COC(=O)c1ccc(COC(C)c2ccccc2)cc1F. The summed E-state index contributed by atoms with van der Waals surface area (Å²) in [6.07, 6.45) is -0.0884. The van der Waals surface area contributed by atoms with E-state index in [0.717, 1.165) is 5.56 Å². The lowest BCUT2D eigenvalue weighted by Gasteiger charge is -2.13. The maximum atomic E-state index is 13.8. The lowest BCUT2D eigenvalue weighted by Crippen LogP contribution is -2.06. The Balaban J connectivity index is 2.01. The zero-order valence-electron chi connectivity index (χ0n) is 12.0. The molecule has 0 aliphatic rings. The highest BCUT2D eigenvalue weighted by Crippen LogP contribution is 2.19. The number of carbonyl (C=O) groups excluding carboxylic acids is 1. The molecule has 0 amide bonds. The highest BCUT2D eigenvalue weighted by Gasteiger charge is 2.13. The third-order valence-corrected chi connectivity index (χ3v) is 3.21. The van der Waals surface area contributed by atoms with Crippen LogP contribution in [0.2, 0.25) is 0 Å². The molecule has 0 bridgehead atoms. The molecule has 110 valence electrons. The Labute approximate surface area is 123 Å². The molecule has 0 saturated carbocycles. The van der Waals surface area contributed by atoms with Crippen molar-refractivity contribution in [3.05, 3.63) is 71.0 Å². The van der Waals surface area contributed by atoms with Gasteiger partial charge in [0.1, 0.15) is 5.82 Å². The van der Waals surface area contributed by atoms with Crippen LogP contribution in [0.15, 0.2) is 48.5 Å². The first-order valence-electron chi connectivity index (χ1n) is 6.65. The molecule has 21 heavy (non-hydrogen) atoms. The molecule has 1 unspecified atom stereocenters. The Kier molecular flexibility index (Phi) is 5.06. The first-order valence-corrected chi connectivity index (χ1v) is 6.65. The van der Waals surface area contributed by atoms with E-state index in [1.165, 1.54) is 19.2 Å². The summed E-state index contributed by atoms with van der Waals surface area (Å²) < 4.78 is 24.0.